The molecule has 0 amide bonds. The first-order valence-electron chi connectivity index (χ1n) is 4.37. The summed E-state index contributed by atoms with van der Waals surface area (Å²) < 4.78 is 60.4. The van der Waals surface area contributed by atoms with Gasteiger partial charge in [-0.05, 0) is 0 Å². The molecule has 0 saturated carbocycles. The molecule has 0 saturated heterocycles. The van der Waals surface area contributed by atoms with Gasteiger partial charge in [0.1, 0.15) is 0 Å². The molecule has 5 nitrogen and oxygen atoms in total. The van der Waals surface area contributed by atoms with Crippen LogP contribution in [0.15, 0.2) is 12.4 Å². The monoisotopic (exact) mass is 271 g/mol. The van der Waals surface area contributed by atoms with Crippen LogP contribution in [0, 0.1) is 0 Å². The summed E-state index contributed by atoms with van der Waals surface area (Å²) in [6, 6.07) is 0. The van der Waals surface area contributed by atoms with Crippen molar-refractivity contribution in [2.75, 3.05) is 11.9 Å². The summed E-state index contributed by atoms with van der Waals surface area (Å²) in [5.74, 6) is -6.80. The summed E-state index contributed by atoms with van der Waals surface area (Å²) in [7, 11) is 0. The molecule has 1 aromatic rings. The van der Waals surface area contributed by atoms with Crippen LogP contribution in [0.1, 0.15) is 10.4 Å². The van der Waals surface area contributed by atoms with Crippen LogP contribution < -0.4 is 5.32 Å². The highest BCUT2D eigenvalue weighted by molar-refractivity contribution is 5.86. The maximum absolute atomic E-state index is 12.5. The molecule has 10 heteroatoms. The molecule has 0 aliphatic rings. The average molecular weight is 271 g/mol. The number of anilines is 1. The zero-order valence-electron chi connectivity index (χ0n) is 8.50. The summed E-state index contributed by atoms with van der Waals surface area (Å²) in [5.41, 5.74) is -0.317. The van der Waals surface area contributed by atoms with Crippen molar-refractivity contribution in [1.29, 1.82) is 0 Å². The largest absolute Gasteiger partial charge is 0.478 e. The Morgan fingerprint density at radius 1 is 1.22 bits per heavy atom. The van der Waals surface area contributed by atoms with E-state index in [4.69, 9.17) is 5.11 Å². The molecule has 0 aliphatic heterocycles. The number of aromatic carboxylic acids is 1. The molecule has 100 valence electrons. The second kappa shape index (κ2) is 4.70. The molecule has 1 aromatic heterocycles. The Bertz CT molecular complexity index is 431. The van der Waals surface area contributed by atoms with Gasteiger partial charge >= 0.3 is 18.1 Å². The number of carbonyl (C=O) groups is 1. The van der Waals surface area contributed by atoms with Gasteiger partial charge in [-0.25, -0.2) is 14.8 Å². The zero-order valence-corrected chi connectivity index (χ0v) is 8.50. The number of carboxylic acid groups (broad SMARTS) is 1. The number of hydrogen-bond donors (Lipinski definition) is 2. The van der Waals surface area contributed by atoms with Gasteiger partial charge in [0.25, 0.3) is 0 Å². The van der Waals surface area contributed by atoms with Crippen LogP contribution in [0.5, 0.6) is 0 Å². The third-order valence-electron chi connectivity index (χ3n) is 1.78. The van der Waals surface area contributed by atoms with Crippen LogP contribution >= 0.6 is 0 Å². The van der Waals surface area contributed by atoms with Gasteiger partial charge in [0, 0.05) is 12.4 Å². The molecule has 1 heterocycles. The number of hydrogen-bond acceptors (Lipinski definition) is 4. The van der Waals surface area contributed by atoms with E-state index in [0.717, 1.165) is 12.4 Å². The lowest BCUT2D eigenvalue weighted by molar-refractivity contribution is -0.275. The van der Waals surface area contributed by atoms with E-state index < -0.39 is 30.6 Å². The first-order valence-corrected chi connectivity index (χ1v) is 4.37. The molecule has 0 fully saturated rings. The van der Waals surface area contributed by atoms with Gasteiger partial charge in [0.05, 0.1) is 12.1 Å². The van der Waals surface area contributed by atoms with Crippen molar-refractivity contribution in [3.05, 3.63) is 18.0 Å². The number of alkyl halides is 5. The van der Waals surface area contributed by atoms with Crippen molar-refractivity contribution < 1.29 is 31.9 Å². The van der Waals surface area contributed by atoms with E-state index in [1.807, 2.05) is 0 Å². The SMILES string of the molecule is O=C(O)c1cnc(NCC(F)(F)C(F)(F)F)nc1. The van der Waals surface area contributed by atoms with Crippen LogP contribution in [0.2, 0.25) is 0 Å². The maximum atomic E-state index is 12.5. The minimum Gasteiger partial charge on any atom is -0.478 e. The molecular formula is C8H6F5N3O2. The summed E-state index contributed by atoms with van der Waals surface area (Å²) in [5, 5.41) is 10.1. The van der Waals surface area contributed by atoms with Gasteiger partial charge < -0.3 is 10.4 Å². The fraction of sp³-hybridized carbons (Fsp3) is 0.375. The van der Waals surface area contributed by atoms with Crippen LogP contribution in [0.25, 0.3) is 0 Å². The second-order valence-electron chi connectivity index (χ2n) is 3.16. The summed E-state index contributed by atoms with van der Waals surface area (Å²) >= 11 is 0. The lowest BCUT2D eigenvalue weighted by atomic mass is 10.3. The standard InChI is InChI=1S/C8H6F5N3O2/c9-7(10,8(11,12)13)3-16-6-14-1-4(2-15-6)5(17)18/h1-2H,3H2,(H,17,18)(H,14,15,16). The van der Waals surface area contributed by atoms with Gasteiger partial charge in [-0.15, -0.1) is 0 Å². The summed E-state index contributed by atoms with van der Waals surface area (Å²) in [4.78, 5) is 17.0. The van der Waals surface area contributed by atoms with Crippen LogP contribution in [-0.4, -0.2) is 39.7 Å². The summed E-state index contributed by atoms with van der Waals surface area (Å²) in [6.07, 6.45) is -4.12. The normalized spacial score (nSPS) is 12.3. The van der Waals surface area contributed by atoms with Crippen LogP contribution in [-0.2, 0) is 0 Å². The molecule has 2 N–H and O–H groups in total. The fourth-order valence-electron chi connectivity index (χ4n) is 0.820. The Morgan fingerprint density at radius 3 is 2.11 bits per heavy atom. The molecule has 0 atom stereocenters. The molecule has 0 aliphatic carbocycles. The second-order valence-corrected chi connectivity index (χ2v) is 3.16. The van der Waals surface area contributed by atoms with Crippen LogP contribution in [0.3, 0.4) is 0 Å². The Hall–Kier alpha value is -2.00. The molecule has 1 rings (SSSR count). The Labute approximate surface area is 96.7 Å². The third-order valence-corrected chi connectivity index (χ3v) is 1.78. The number of nitrogens with one attached hydrogen (secondary N) is 1. The Balaban J connectivity index is 2.67. The molecule has 0 radical (unpaired) electrons. The number of nitrogens with zero attached hydrogens (tertiary/aromatic N) is 2. The highest BCUT2D eigenvalue weighted by Crippen LogP contribution is 2.35. The first kappa shape index (κ1) is 14.1. The summed E-state index contributed by atoms with van der Waals surface area (Å²) in [6.45, 7) is -1.73. The van der Waals surface area contributed by atoms with E-state index in [1.165, 1.54) is 0 Å². The van der Waals surface area contributed by atoms with E-state index in [1.54, 1.807) is 5.32 Å². The van der Waals surface area contributed by atoms with E-state index in [9.17, 15) is 26.7 Å². The van der Waals surface area contributed by atoms with Crippen molar-refractivity contribution in [2.24, 2.45) is 0 Å². The van der Waals surface area contributed by atoms with Crippen molar-refractivity contribution in [1.82, 2.24) is 9.97 Å². The predicted molar refractivity (Wildman–Crippen MR) is 48.5 cm³/mol. The molecule has 0 spiro atoms. The van der Waals surface area contributed by atoms with Gasteiger partial charge in [-0.3, -0.25) is 0 Å². The number of rotatable bonds is 4. The first-order chi connectivity index (χ1) is 8.13. The zero-order chi connectivity index (χ0) is 14.0. The third kappa shape index (κ3) is 3.25. The minimum absolute atomic E-state index is 0.317. The topological polar surface area (TPSA) is 75.1 Å². The highest BCUT2D eigenvalue weighted by atomic mass is 19.4. The highest BCUT2D eigenvalue weighted by Gasteiger charge is 2.57. The lowest BCUT2D eigenvalue weighted by Crippen LogP contribution is -2.42. The predicted octanol–water partition coefficient (Wildman–Crippen LogP) is 1.78. The fourth-order valence-corrected chi connectivity index (χ4v) is 0.820. The van der Waals surface area contributed by atoms with Gasteiger partial charge in [0.2, 0.25) is 5.95 Å². The Kier molecular flexibility index (Phi) is 3.67. The van der Waals surface area contributed by atoms with Gasteiger partial charge in [0.15, 0.2) is 0 Å². The lowest BCUT2D eigenvalue weighted by Gasteiger charge is -2.19. The van der Waals surface area contributed by atoms with Crippen molar-refractivity contribution in [3.8, 4) is 0 Å². The number of aromatic nitrogens is 2. The average Bonchev–Trinajstić information content (AvgIpc) is 2.25. The van der Waals surface area contributed by atoms with Crippen molar-refractivity contribution in [2.45, 2.75) is 12.1 Å². The van der Waals surface area contributed by atoms with Gasteiger partial charge in [-0.2, -0.15) is 22.0 Å². The van der Waals surface area contributed by atoms with E-state index in [-0.39, 0.29) is 5.56 Å². The smallest absolute Gasteiger partial charge is 0.455 e. The molecular weight excluding hydrogens is 265 g/mol. The van der Waals surface area contributed by atoms with E-state index in [2.05, 4.69) is 9.97 Å². The quantitative estimate of drug-likeness (QED) is 0.816. The molecule has 18 heavy (non-hydrogen) atoms. The van der Waals surface area contributed by atoms with E-state index >= 15 is 0 Å². The van der Waals surface area contributed by atoms with Crippen LogP contribution in [0.4, 0.5) is 27.9 Å². The molecule has 0 aromatic carbocycles. The maximum Gasteiger partial charge on any atom is 0.455 e. The van der Waals surface area contributed by atoms with Crippen molar-refractivity contribution >= 4 is 11.9 Å². The molecule has 0 unspecified atom stereocenters. The number of carboxylic acids is 1. The Morgan fingerprint density at radius 2 is 1.72 bits per heavy atom. The minimum atomic E-state index is -5.68. The number of halogens is 5. The van der Waals surface area contributed by atoms with E-state index in [0.29, 0.717) is 0 Å². The molecule has 0 bridgehead atoms. The van der Waals surface area contributed by atoms with Crippen molar-refractivity contribution in [3.63, 3.8) is 0 Å². The van der Waals surface area contributed by atoms with Gasteiger partial charge in [-0.1, -0.05) is 0 Å².